The Morgan fingerprint density at radius 2 is 1.77 bits per heavy atom. The Labute approximate surface area is 258 Å². The number of aromatic nitrogens is 1. The largest absolute Gasteiger partial charge is 0.492 e. The van der Waals surface area contributed by atoms with E-state index < -0.39 is 18.0 Å². The topological polar surface area (TPSA) is 110 Å². The zero-order chi connectivity index (χ0) is 31.2. The number of amides is 4. The third-order valence-corrected chi connectivity index (χ3v) is 7.85. The maximum atomic E-state index is 14.1. The number of hydrogen-bond donors (Lipinski definition) is 3. The van der Waals surface area contributed by atoms with Crippen molar-refractivity contribution in [1.29, 1.82) is 0 Å². The molecule has 5 rings (SSSR count). The van der Waals surface area contributed by atoms with Crippen molar-refractivity contribution in [3.8, 4) is 5.75 Å². The van der Waals surface area contributed by atoms with Crippen LogP contribution in [0.5, 0.6) is 5.75 Å². The van der Waals surface area contributed by atoms with Crippen LogP contribution in [0.1, 0.15) is 30.9 Å². The number of H-pyrrole nitrogens is 1. The molecular weight excluding hydrogens is 556 g/mol. The van der Waals surface area contributed by atoms with E-state index in [0.717, 1.165) is 27.7 Å². The van der Waals surface area contributed by atoms with Crippen molar-refractivity contribution >= 4 is 40.1 Å². The molecule has 1 aliphatic heterocycles. The number of hydrogen-bond acceptors (Lipinski definition) is 5. The summed E-state index contributed by atoms with van der Waals surface area (Å²) in [5, 5.41) is 6.99. The number of fused-ring (bicyclic) bond motifs is 1. The lowest BCUT2D eigenvalue weighted by molar-refractivity contribution is -0.120. The molecule has 44 heavy (non-hydrogen) atoms. The molecule has 10 heteroatoms. The standard InChI is InChI=1S/C34H40N6O4/c1-5-44-30-16-15-24(21-38(3)4)19-29(30)36-33(42)32(23(2)27-20-35-28-14-10-9-13-26(27)28)37-34(43)39-17-18-40(31(41)22-39)25-11-7-6-8-12-25/h6-16,19-20,23,32,35H,5,17-18,21-22H2,1-4H3,(H,36,42)(H,37,43)/t23-,32+/m0/s1. The van der Waals surface area contributed by atoms with Crippen LogP contribution in [0.3, 0.4) is 0 Å². The first-order valence-electron chi connectivity index (χ1n) is 14.9. The van der Waals surface area contributed by atoms with Gasteiger partial charge in [0.05, 0.1) is 12.3 Å². The smallest absolute Gasteiger partial charge is 0.318 e. The van der Waals surface area contributed by atoms with Crippen molar-refractivity contribution in [2.45, 2.75) is 32.4 Å². The van der Waals surface area contributed by atoms with E-state index in [0.29, 0.717) is 37.7 Å². The van der Waals surface area contributed by atoms with Gasteiger partial charge in [0.25, 0.3) is 0 Å². The SMILES string of the molecule is CCOc1ccc(CN(C)C)cc1NC(=O)[C@H](NC(=O)N1CCN(c2ccccc2)C(=O)C1)[C@@H](C)c1c[nH]c2ccccc12. The number of ether oxygens (including phenoxy) is 1. The summed E-state index contributed by atoms with van der Waals surface area (Å²) in [4.78, 5) is 49.3. The van der Waals surface area contributed by atoms with E-state index in [1.807, 2.05) is 112 Å². The van der Waals surface area contributed by atoms with Crippen molar-refractivity contribution in [3.05, 3.63) is 90.1 Å². The van der Waals surface area contributed by atoms with E-state index in [4.69, 9.17) is 4.74 Å². The van der Waals surface area contributed by atoms with Crippen molar-refractivity contribution in [2.75, 3.05) is 50.6 Å². The lowest BCUT2D eigenvalue weighted by atomic mass is 9.92. The summed E-state index contributed by atoms with van der Waals surface area (Å²) in [7, 11) is 3.96. The second-order valence-corrected chi connectivity index (χ2v) is 11.3. The molecule has 0 unspecified atom stereocenters. The molecule has 0 aliphatic carbocycles. The first kappa shape index (κ1) is 30.6. The zero-order valence-electron chi connectivity index (χ0n) is 25.7. The highest BCUT2D eigenvalue weighted by molar-refractivity contribution is 6.01. The fourth-order valence-electron chi connectivity index (χ4n) is 5.65. The molecule has 10 nitrogen and oxygen atoms in total. The molecule has 0 saturated carbocycles. The second kappa shape index (κ2) is 13.6. The first-order valence-corrected chi connectivity index (χ1v) is 14.9. The Bertz CT molecular complexity index is 1620. The van der Waals surface area contributed by atoms with E-state index in [-0.39, 0.29) is 18.4 Å². The maximum absolute atomic E-state index is 14.1. The number of nitrogens with one attached hydrogen (secondary N) is 3. The molecule has 3 aromatic carbocycles. The van der Waals surface area contributed by atoms with E-state index in [1.165, 1.54) is 4.90 Å². The van der Waals surface area contributed by atoms with Gasteiger partial charge in [0.2, 0.25) is 11.8 Å². The van der Waals surface area contributed by atoms with E-state index in [9.17, 15) is 14.4 Å². The van der Waals surface area contributed by atoms with Gasteiger partial charge < -0.3 is 35.1 Å². The lowest BCUT2D eigenvalue weighted by Gasteiger charge is -2.35. The molecule has 0 radical (unpaired) electrons. The van der Waals surface area contributed by atoms with Gasteiger partial charge >= 0.3 is 6.03 Å². The number of benzene rings is 3. The molecule has 1 fully saturated rings. The van der Waals surface area contributed by atoms with Crippen LogP contribution in [0.25, 0.3) is 10.9 Å². The summed E-state index contributed by atoms with van der Waals surface area (Å²) in [6, 6.07) is 21.6. The molecule has 4 amide bonds. The quantitative estimate of drug-likeness (QED) is 0.244. The van der Waals surface area contributed by atoms with Gasteiger partial charge in [-0.15, -0.1) is 0 Å². The summed E-state index contributed by atoms with van der Waals surface area (Å²) in [6.07, 6.45) is 1.88. The fraction of sp³-hybridized carbons (Fsp3) is 0.324. The fourth-order valence-corrected chi connectivity index (χ4v) is 5.65. The molecule has 4 aromatic rings. The van der Waals surface area contributed by atoms with Crippen molar-refractivity contribution < 1.29 is 19.1 Å². The van der Waals surface area contributed by atoms with E-state index in [2.05, 4.69) is 15.6 Å². The molecule has 1 aromatic heterocycles. The molecular formula is C34H40N6O4. The number of aromatic amines is 1. The summed E-state index contributed by atoms with van der Waals surface area (Å²) < 4.78 is 5.83. The maximum Gasteiger partial charge on any atom is 0.318 e. The molecule has 1 saturated heterocycles. The van der Waals surface area contributed by atoms with Crippen molar-refractivity contribution in [2.24, 2.45) is 0 Å². The highest BCUT2D eigenvalue weighted by Crippen LogP contribution is 2.31. The minimum Gasteiger partial charge on any atom is -0.492 e. The molecule has 0 spiro atoms. The third kappa shape index (κ3) is 6.86. The van der Waals surface area contributed by atoms with Crippen LogP contribution >= 0.6 is 0 Å². The number of nitrogens with zero attached hydrogens (tertiary/aromatic N) is 3. The number of piperazine rings is 1. The minimum atomic E-state index is -0.948. The Kier molecular flexibility index (Phi) is 9.50. The van der Waals surface area contributed by atoms with Crippen LogP contribution in [-0.2, 0) is 16.1 Å². The van der Waals surface area contributed by atoms with Gasteiger partial charge in [-0.1, -0.05) is 49.4 Å². The summed E-state index contributed by atoms with van der Waals surface area (Å²) in [5.74, 6) is -0.414. The number of para-hydroxylation sites is 2. The van der Waals surface area contributed by atoms with Crippen LogP contribution in [0.15, 0.2) is 79.0 Å². The van der Waals surface area contributed by atoms with Crippen LogP contribution in [0.2, 0.25) is 0 Å². The Morgan fingerprint density at radius 3 is 2.50 bits per heavy atom. The van der Waals surface area contributed by atoms with Gasteiger partial charge in [-0.25, -0.2) is 4.79 Å². The Hall–Kier alpha value is -4.83. The van der Waals surface area contributed by atoms with Gasteiger partial charge in [0, 0.05) is 48.3 Å². The number of anilines is 2. The van der Waals surface area contributed by atoms with Crippen molar-refractivity contribution in [3.63, 3.8) is 0 Å². The highest BCUT2D eigenvalue weighted by atomic mass is 16.5. The first-order chi connectivity index (χ1) is 21.2. The van der Waals surface area contributed by atoms with E-state index >= 15 is 0 Å². The zero-order valence-corrected chi connectivity index (χ0v) is 25.7. The summed E-state index contributed by atoms with van der Waals surface area (Å²) in [6.45, 7) is 5.54. The van der Waals surface area contributed by atoms with Crippen LogP contribution in [0, 0.1) is 0 Å². The average molecular weight is 597 g/mol. The van der Waals surface area contributed by atoms with Gasteiger partial charge in [-0.2, -0.15) is 0 Å². The lowest BCUT2D eigenvalue weighted by Crippen LogP contribution is -2.58. The molecule has 0 bridgehead atoms. The van der Waals surface area contributed by atoms with Gasteiger partial charge in [0.1, 0.15) is 18.3 Å². The van der Waals surface area contributed by atoms with Gasteiger partial charge in [-0.05, 0) is 62.5 Å². The molecule has 2 heterocycles. The highest BCUT2D eigenvalue weighted by Gasteiger charge is 2.34. The molecule has 2 atom stereocenters. The molecule has 3 N–H and O–H groups in total. The Balaban J connectivity index is 1.40. The van der Waals surface area contributed by atoms with Crippen LogP contribution < -0.4 is 20.3 Å². The van der Waals surface area contributed by atoms with Crippen LogP contribution in [-0.4, -0.2) is 79.0 Å². The minimum absolute atomic E-state index is 0.0857. The van der Waals surface area contributed by atoms with Crippen molar-refractivity contribution in [1.82, 2.24) is 20.1 Å². The molecule has 230 valence electrons. The predicted molar refractivity (Wildman–Crippen MR) is 173 cm³/mol. The number of carbonyl (C=O) groups excluding carboxylic acids is 3. The van der Waals surface area contributed by atoms with E-state index in [1.54, 1.807) is 4.90 Å². The van der Waals surface area contributed by atoms with Crippen LogP contribution in [0.4, 0.5) is 16.2 Å². The average Bonchev–Trinajstić information content (AvgIpc) is 3.45. The monoisotopic (exact) mass is 596 g/mol. The normalized spacial score (nSPS) is 14.9. The Morgan fingerprint density at radius 1 is 1.02 bits per heavy atom. The summed E-state index contributed by atoms with van der Waals surface area (Å²) in [5.41, 5.74) is 4.18. The number of urea groups is 1. The molecule has 1 aliphatic rings. The summed E-state index contributed by atoms with van der Waals surface area (Å²) >= 11 is 0. The second-order valence-electron chi connectivity index (χ2n) is 11.3. The number of rotatable bonds is 10. The third-order valence-electron chi connectivity index (χ3n) is 7.85. The predicted octanol–water partition coefficient (Wildman–Crippen LogP) is 4.80. The number of carbonyl (C=O) groups is 3. The van der Waals surface area contributed by atoms with Gasteiger partial charge in [0.15, 0.2) is 0 Å². The van der Waals surface area contributed by atoms with Gasteiger partial charge in [-0.3, -0.25) is 9.59 Å².